The minimum absolute atomic E-state index is 0.00960. The lowest BCUT2D eigenvalue weighted by Gasteiger charge is -2.32. The number of benzene rings is 1. The fourth-order valence-electron chi connectivity index (χ4n) is 3.96. The minimum Gasteiger partial charge on any atom is -0.454 e. The van der Waals surface area contributed by atoms with Gasteiger partial charge in [0.05, 0.1) is 37.4 Å². The number of rotatable bonds is 5. The third kappa shape index (κ3) is 4.21. The molecule has 156 valence electrons. The normalized spacial score (nSPS) is 16.7. The Labute approximate surface area is 176 Å². The summed E-state index contributed by atoms with van der Waals surface area (Å²) in [6.45, 7) is 11.2. The molecule has 1 fully saturated rings. The molecule has 0 atom stereocenters. The topological polar surface area (TPSA) is 61.0 Å². The van der Waals surface area contributed by atoms with Crippen LogP contribution in [0.3, 0.4) is 0 Å². The highest BCUT2D eigenvalue weighted by atomic mass is 35.5. The molecule has 8 heteroatoms. The molecule has 4 rings (SSSR count). The van der Waals surface area contributed by atoms with E-state index in [-0.39, 0.29) is 5.91 Å². The number of quaternary nitrogens is 1. The summed E-state index contributed by atoms with van der Waals surface area (Å²) in [5.74, 6) is 2.03. The smallest absolute Gasteiger partial charge is 0.259 e. The number of carbonyl (C=O) groups excluding carboxylic acids is 1. The van der Waals surface area contributed by atoms with Gasteiger partial charge in [0.1, 0.15) is 11.7 Å². The minimum atomic E-state index is -0.00960. The second-order valence-electron chi connectivity index (χ2n) is 8.23. The lowest BCUT2D eigenvalue weighted by Crippen LogP contribution is -3.13. The van der Waals surface area contributed by atoms with Gasteiger partial charge in [-0.3, -0.25) is 9.48 Å². The molecule has 2 aliphatic heterocycles. The Morgan fingerprint density at radius 2 is 1.97 bits per heavy atom. The Morgan fingerprint density at radius 3 is 2.69 bits per heavy atom. The summed E-state index contributed by atoms with van der Waals surface area (Å²) in [4.78, 5) is 16.4. The highest BCUT2D eigenvalue weighted by Crippen LogP contribution is 2.32. The first-order valence-electron chi connectivity index (χ1n) is 10.2. The van der Waals surface area contributed by atoms with Gasteiger partial charge in [-0.2, -0.15) is 5.10 Å². The molecule has 0 saturated carbocycles. The summed E-state index contributed by atoms with van der Waals surface area (Å²) in [5.41, 5.74) is 2.47. The number of nitrogens with zero attached hydrogens (tertiary/aromatic N) is 3. The fraction of sp³-hybridized carbons (Fsp3) is 0.524. The molecule has 1 aromatic heterocycles. The van der Waals surface area contributed by atoms with Gasteiger partial charge in [-0.1, -0.05) is 25.4 Å². The number of hydrogen-bond acceptors (Lipinski definition) is 4. The van der Waals surface area contributed by atoms with Crippen LogP contribution in [0.4, 0.5) is 0 Å². The van der Waals surface area contributed by atoms with Gasteiger partial charge in [0.25, 0.3) is 5.91 Å². The van der Waals surface area contributed by atoms with E-state index in [2.05, 4.69) is 31.1 Å². The molecule has 29 heavy (non-hydrogen) atoms. The van der Waals surface area contributed by atoms with Crippen LogP contribution in [0.25, 0.3) is 0 Å². The number of aryl methyl sites for hydroxylation is 1. The molecule has 1 saturated heterocycles. The zero-order chi connectivity index (χ0) is 20.5. The molecule has 1 N–H and O–H groups in total. The van der Waals surface area contributed by atoms with Crippen LogP contribution in [0, 0.1) is 12.8 Å². The van der Waals surface area contributed by atoms with E-state index in [0.717, 1.165) is 31.1 Å². The molecule has 0 spiro atoms. The second kappa shape index (κ2) is 8.24. The van der Waals surface area contributed by atoms with E-state index in [1.54, 1.807) is 4.68 Å². The summed E-state index contributed by atoms with van der Waals surface area (Å²) >= 11 is 6.50. The first kappa shape index (κ1) is 20.0. The Morgan fingerprint density at radius 1 is 1.24 bits per heavy atom. The highest BCUT2D eigenvalue weighted by Gasteiger charge is 2.29. The van der Waals surface area contributed by atoms with Gasteiger partial charge in [-0.15, -0.1) is 0 Å². The second-order valence-corrected chi connectivity index (χ2v) is 8.59. The van der Waals surface area contributed by atoms with E-state index in [4.69, 9.17) is 21.1 Å². The highest BCUT2D eigenvalue weighted by molar-refractivity contribution is 6.33. The van der Waals surface area contributed by atoms with Crippen LogP contribution >= 0.6 is 11.6 Å². The van der Waals surface area contributed by atoms with Crippen molar-refractivity contribution in [1.82, 2.24) is 14.7 Å². The summed E-state index contributed by atoms with van der Waals surface area (Å²) in [7, 11) is 0. The summed E-state index contributed by atoms with van der Waals surface area (Å²) < 4.78 is 12.6. The average molecular weight is 420 g/mol. The molecule has 0 unspecified atom stereocenters. The van der Waals surface area contributed by atoms with Gasteiger partial charge in [0.15, 0.2) is 11.5 Å². The molecular weight excluding hydrogens is 392 g/mol. The largest absolute Gasteiger partial charge is 0.454 e. The number of aromatic nitrogens is 2. The maximum atomic E-state index is 13.1. The van der Waals surface area contributed by atoms with Gasteiger partial charge < -0.3 is 19.3 Å². The number of hydrogen-bond donors (Lipinski definition) is 1. The van der Waals surface area contributed by atoms with Crippen molar-refractivity contribution in [2.45, 2.75) is 33.9 Å². The molecule has 1 aromatic carbocycles. The van der Waals surface area contributed by atoms with Crippen LogP contribution in [0.5, 0.6) is 11.5 Å². The quantitative estimate of drug-likeness (QED) is 0.802. The lowest BCUT2D eigenvalue weighted by atomic mass is 10.1. The van der Waals surface area contributed by atoms with E-state index >= 15 is 0 Å². The van der Waals surface area contributed by atoms with E-state index in [9.17, 15) is 4.79 Å². The monoisotopic (exact) mass is 419 g/mol. The molecule has 0 radical (unpaired) electrons. The van der Waals surface area contributed by atoms with Crippen LogP contribution in [0.1, 0.15) is 35.5 Å². The number of halogens is 1. The Balaban J connectivity index is 1.37. The third-order valence-electron chi connectivity index (χ3n) is 5.47. The van der Waals surface area contributed by atoms with E-state index in [0.29, 0.717) is 48.8 Å². The van der Waals surface area contributed by atoms with Crippen molar-refractivity contribution in [2.24, 2.45) is 5.92 Å². The number of nitrogens with one attached hydrogen (secondary N) is 1. The molecule has 2 aromatic rings. The first-order valence-corrected chi connectivity index (χ1v) is 10.5. The summed E-state index contributed by atoms with van der Waals surface area (Å²) in [5, 5.41) is 4.93. The van der Waals surface area contributed by atoms with Crippen LogP contribution < -0.4 is 14.4 Å². The van der Waals surface area contributed by atoms with E-state index < -0.39 is 0 Å². The maximum Gasteiger partial charge on any atom is 0.259 e. The van der Waals surface area contributed by atoms with Crippen molar-refractivity contribution >= 4 is 17.5 Å². The lowest BCUT2D eigenvalue weighted by molar-refractivity contribution is -0.917. The van der Waals surface area contributed by atoms with Crippen molar-refractivity contribution in [2.75, 3.05) is 33.0 Å². The molecular formula is C21H28ClN4O3+. The van der Waals surface area contributed by atoms with Gasteiger partial charge >= 0.3 is 0 Å². The van der Waals surface area contributed by atoms with Crippen molar-refractivity contribution in [3.8, 4) is 11.5 Å². The maximum absolute atomic E-state index is 13.1. The van der Waals surface area contributed by atoms with Crippen molar-refractivity contribution in [1.29, 1.82) is 0 Å². The number of piperazine rings is 1. The van der Waals surface area contributed by atoms with Gasteiger partial charge in [-0.05, 0) is 31.0 Å². The third-order valence-corrected chi connectivity index (χ3v) is 5.85. The average Bonchev–Trinajstić information content (AvgIpc) is 3.25. The molecule has 1 amide bonds. The molecule has 0 bridgehead atoms. The van der Waals surface area contributed by atoms with Crippen LogP contribution in [0.15, 0.2) is 18.2 Å². The van der Waals surface area contributed by atoms with Gasteiger partial charge in [0.2, 0.25) is 6.79 Å². The van der Waals surface area contributed by atoms with Gasteiger partial charge in [0, 0.05) is 12.1 Å². The van der Waals surface area contributed by atoms with Crippen LogP contribution in [0.2, 0.25) is 5.15 Å². The number of fused-ring (bicyclic) bond motifs is 1. The van der Waals surface area contributed by atoms with E-state index in [1.165, 1.54) is 10.5 Å². The molecule has 0 aliphatic carbocycles. The van der Waals surface area contributed by atoms with Gasteiger partial charge in [-0.25, -0.2) is 0 Å². The van der Waals surface area contributed by atoms with Crippen LogP contribution in [-0.2, 0) is 13.1 Å². The van der Waals surface area contributed by atoms with Crippen molar-refractivity contribution < 1.29 is 19.2 Å². The Hall–Kier alpha value is -2.25. The zero-order valence-corrected chi connectivity index (χ0v) is 18.0. The SMILES string of the molecule is Cc1nn(CC(C)C)c(Cl)c1C(=O)N1CC[NH+](Cc2ccc3c(c2)OCO3)CC1. The summed E-state index contributed by atoms with van der Waals surface area (Å²) in [6.07, 6.45) is 0. The predicted molar refractivity (Wildman–Crippen MR) is 110 cm³/mol. The standard InChI is InChI=1S/C21H27ClN4O3/c1-14(2)11-26-20(22)19(15(3)23-26)21(27)25-8-6-24(7-9-25)12-16-4-5-17-18(10-16)29-13-28-17/h4-5,10,14H,6-9,11-13H2,1-3H3/p+1. The number of carbonyl (C=O) groups is 1. The van der Waals surface area contributed by atoms with Crippen molar-refractivity contribution in [3.05, 3.63) is 40.2 Å². The molecule has 7 nitrogen and oxygen atoms in total. The summed E-state index contributed by atoms with van der Waals surface area (Å²) in [6, 6.07) is 6.11. The Kier molecular flexibility index (Phi) is 5.69. The number of amides is 1. The van der Waals surface area contributed by atoms with E-state index in [1.807, 2.05) is 17.9 Å². The molecule has 2 aliphatic rings. The fourth-order valence-corrected chi connectivity index (χ4v) is 4.29. The molecule has 3 heterocycles. The first-order chi connectivity index (χ1) is 13.9. The Bertz CT molecular complexity index is 904. The van der Waals surface area contributed by atoms with Crippen molar-refractivity contribution in [3.63, 3.8) is 0 Å². The zero-order valence-electron chi connectivity index (χ0n) is 17.2. The van der Waals surface area contributed by atoms with Crippen LogP contribution in [-0.4, -0.2) is 53.6 Å². The number of ether oxygens (including phenoxy) is 2. The predicted octanol–water partition coefficient (Wildman–Crippen LogP) is 1.77.